The molecule has 2 N–H and O–H groups in total. The maximum atomic E-state index is 13.0. The van der Waals surface area contributed by atoms with Gasteiger partial charge in [-0.15, -0.1) is 0 Å². The molecule has 1 aliphatic rings. The van der Waals surface area contributed by atoms with E-state index < -0.39 is 30.1 Å². The molecule has 1 aromatic carbocycles. The van der Waals surface area contributed by atoms with Gasteiger partial charge in [0.2, 0.25) is 0 Å². The van der Waals surface area contributed by atoms with Gasteiger partial charge >= 0.3 is 11.5 Å². The molecule has 0 unspecified atom stereocenters. The first-order valence-corrected chi connectivity index (χ1v) is 10.2. The fourth-order valence-electron chi connectivity index (χ4n) is 3.17. The first-order valence-electron chi connectivity index (χ1n) is 9.41. The van der Waals surface area contributed by atoms with E-state index >= 15 is 0 Å². The molecule has 2 aromatic rings. The number of hydrogen-bond acceptors (Lipinski definition) is 6. The molecule has 0 bridgehead atoms. The zero-order valence-electron chi connectivity index (χ0n) is 16.8. The van der Waals surface area contributed by atoms with Crippen molar-refractivity contribution in [1.29, 1.82) is 0 Å². The molecule has 0 aliphatic carbocycles. The maximum absolute atomic E-state index is 13.0. The highest BCUT2D eigenvalue weighted by Gasteiger charge is 2.45. The number of amides is 3. The van der Waals surface area contributed by atoms with Crippen LogP contribution in [-0.2, 0) is 11.3 Å². The van der Waals surface area contributed by atoms with E-state index in [4.69, 9.17) is 0 Å². The number of nitrogens with one attached hydrogen (secondary N) is 1. The number of imide groups is 1. The second-order valence-electron chi connectivity index (χ2n) is 7.17. The van der Waals surface area contributed by atoms with E-state index in [0.29, 0.717) is 11.4 Å². The van der Waals surface area contributed by atoms with Gasteiger partial charge in [0.05, 0.1) is 12.3 Å². The van der Waals surface area contributed by atoms with Gasteiger partial charge in [-0.05, 0) is 67.6 Å². The van der Waals surface area contributed by atoms with Crippen molar-refractivity contribution in [2.75, 3.05) is 16.8 Å². The molecule has 0 spiro atoms. The van der Waals surface area contributed by atoms with E-state index in [1.807, 2.05) is 13.8 Å². The first-order chi connectivity index (χ1) is 14.6. The largest absolute Gasteiger partial charge is 0.446 e. The number of aromatic nitrogens is 1. The summed E-state index contributed by atoms with van der Waals surface area (Å²) in [6.45, 7) is 3.39. The molecule has 2 heterocycles. The number of anilines is 2. The zero-order chi connectivity index (χ0) is 22.8. The van der Waals surface area contributed by atoms with Gasteiger partial charge in [0.1, 0.15) is 11.9 Å². The molecule has 166 valence electrons. The molecule has 1 atom stereocenters. The molecular weight excluding hydrogens is 433 g/mol. The lowest BCUT2D eigenvalue weighted by Crippen LogP contribution is -2.37. The Hall–Kier alpha value is -2.79. The Kier molecular flexibility index (Phi) is 6.75. The highest BCUT2D eigenvalue weighted by Crippen LogP contribution is 2.38. The number of halogens is 3. The summed E-state index contributed by atoms with van der Waals surface area (Å²) in [6.07, 6.45) is 1.57. The third kappa shape index (κ3) is 5.47. The van der Waals surface area contributed by atoms with Crippen LogP contribution in [0.2, 0.25) is 0 Å². The first kappa shape index (κ1) is 22.9. The van der Waals surface area contributed by atoms with Crippen molar-refractivity contribution >= 4 is 35.2 Å². The normalized spacial score (nSPS) is 17.1. The summed E-state index contributed by atoms with van der Waals surface area (Å²) in [6, 6.07) is 6.78. The van der Waals surface area contributed by atoms with Gasteiger partial charge in [0.25, 0.3) is 5.91 Å². The van der Waals surface area contributed by atoms with Gasteiger partial charge in [-0.1, -0.05) is 0 Å². The van der Waals surface area contributed by atoms with Gasteiger partial charge in [-0.25, -0.2) is 14.7 Å². The smallest absolute Gasteiger partial charge is 0.394 e. The van der Waals surface area contributed by atoms with Crippen molar-refractivity contribution in [3.05, 3.63) is 48.2 Å². The minimum Gasteiger partial charge on any atom is -0.394 e. The van der Waals surface area contributed by atoms with Crippen LogP contribution in [-0.4, -0.2) is 51.1 Å². The second kappa shape index (κ2) is 9.15. The van der Waals surface area contributed by atoms with Crippen molar-refractivity contribution < 1.29 is 27.9 Å². The number of alkyl halides is 3. The lowest BCUT2D eigenvalue weighted by Gasteiger charge is -2.21. The van der Waals surface area contributed by atoms with Crippen molar-refractivity contribution in [3.8, 4) is 0 Å². The molecule has 1 fully saturated rings. The molecule has 1 aliphatic heterocycles. The minimum atomic E-state index is -4.44. The Morgan fingerprint density at radius 2 is 1.87 bits per heavy atom. The summed E-state index contributed by atoms with van der Waals surface area (Å²) >= 11 is -0.284. The molecule has 11 heteroatoms. The number of rotatable bonds is 7. The van der Waals surface area contributed by atoms with Gasteiger partial charge < -0.3 is 15.3 Å². The summed E-state index contributed by atoms with van der Waals surface area (Å²) in [7, 11) is 0. The van der Waals surface area contributed by atoms with Crippen LogP contribution < -0.4 is 10.2 Å². The number of nitrogens with zero attached hydrogens (tertiary/aromatic N) is 3. The van der Waals surface area contributed by atoms with Crippen molar-refractivity contribution in [3.63, 3.8) is 0 Å². The number of aliphatic hydroxyl groups is 1. The van der Waals surface area contributed by atoms with Gasteiger partial charge in [0, 0.05) is 23.7 Å². The summed E-state index contributed by atoms with van der Waals surface area (Å²) in [5.41, 5.74) is -3.59. The number of thioether (sulfide) groups is 1. The Bertz CT molecular complexity index is 953. The van der Waals surface area contributed by atoms with Crippen molar-refractivity contribution in [1.82, 2.24) is 9.88 Å². The topological polar surface area (TPSA) is 85.8 Å². The summed E-state index contributed by atoms with van der Waals surface area (Å²) in [5.74, 6) is -0.0288. The van der Waals surface area contributed by atoms with Crippen LogP contribution in [0.3, 0.4) is 0 Å². The van der Waals surface area contributed by atoms with Crippen LogP contribution >= 0.6 is 11.8 Å². The van der Waals surface area contributed by atoms with E-state index in [0.717, 1.165) is 4.90 Å². The van der Waals surface area contributed by atoms with E-state index in [9.17, 15) is 27.9 Å². The number of carbonyl (C=O) groups excluding carboxylic acids is 2. The van der Waals surface area contributed by atoms with Crippen molar-refractivity contribution in [2.45, 2.75) is 42.9 Å². The SMILES string of the molecule is CC(C)Nc1cc(CN2C(=O)N(c3ccc(SC(F)(F)F)cc3)C(=O)[C@@H]2CO)ccn1. The van der Waals surface area contributed by atoms with E-state index in [1.54, 1.807) is 18.3 Å². The molecule has 1 aromatic heterocycles. The van der Waals surface area contributed by atoms with E-state index in [1.165, 1.54) is 29.2 Å². The average Bonchev–Trinajstić information content (AvgIpc) is 2.90. The van der Waals surface area contributed by atoms with Gasteiger partial charge in [-0.2, -0.15) is 13.2 Å². The fourth-order valence-corrected chi connectivity index (χ4v) is 3.71. The second-order valence-corrected chi connectivity index (χ2v) is 8.31. The Labute approximate surface area is 181 Å². The van der Waals surface area contributed by atoms with Crippen LogP contribution in [0.1, 0.15) is 19.4 Å². The average molecular weight is 454 g/mol. The third-order valence-corrected chi connectivity index (χ3v) is 5.17. The highest BCUT2D eigenvalue weighted by molar-refractivity contribution is 8.00. The van der Waals surface area contributed by atoms with Crippen LogP contribution in [0.5, 0.6) is 0 Å². The summed E-state index contributed by atoms with van der Waals surface area (Å²) < 4.78 is 37.6. The van der Waals surface area contributed by atoms with Crippen molar-refractivity contribution in [2.24, 2.45) is 0 Å². The Balaban J connectivity index is 1.81. The number of hydrogen-bond donors (Lipinski definition) is 2. The lowest BCUT2D eigenvalue weighted by atomic mass is 10.2. The Morgan fingerprint density at radius 1 is 1.19 bits per heavy atom. The summed E-state index contributed by atoms with van der Waals surface area (Å²) in [4.78, 5) is 32.0. The number of aliphatic hydroxyl groups excluding tert-OH is 1. The molecule has 3 amide bonds. The Morgan fingerprint density at radius 3 is 2.45 bits per heavy atom. The summed E-state index contributed by atoms with van der Waals surface area (Å²) in [5, 5.41) is 12.9. The van der Waals surface area contributed by atoms with Crippen LogP contribution in [0.25, 0.3) is 0 Å². The van der Waals surface area contributed by atoms with E-state index in [-0.39, 0.29) is 34.9 Å². The quantitative estimate of drug-likeness (QED) is 0.488. The van der Waals surface area contributed by atoms with Crippen LogP contribution in [0, 0.1) is 0 Å². The van der Waals surface area contributed by atoms with E-state index in [2.05, 4.69) is 10.3 Å². The molecule has 3 rings (SSSR count). The third-order valence-electron chi connectivity index (χ3n) is 4.43. The molecule has 0 radical (unpaired) electrons. The predicted molar refractivity (Wildman–Crippen MR) is 111 cm³/mol. The van der Waals surface area contributed by atoms with Crippen LogP contribution in [0.4, 0.5) is 29.5 Å². The number of pyridine rings is 1. The standard InChI is InChI=1S/C20H21F3N4O3S/c1-12(2)25-17-9-13(7-8-24-17)10-26-16(11-28)18(29)27(19(26)30)14-3-5-15(6-4-14)31-20(21,22)23/h3-9,12,16,28H,10-11H2,1-2H3,(H,24,25)/t16-/m0/s1. The van der Waals surface area contributed by atoms with Gasteiger partial charge in [0.15, 0.2) is 0 Å². The fraction of sp³-hybridized carbons (Fsp3) is 0.350. The van der Waals surface area contributed by atoms with Crippen LogP contribution in [0.15, 0.2) is 47.5 Å². The number of benzene rings is 1. The van der Waals surface area contributed by atoms with Gasteiger partial charge in [-0.3, -0.25) is 4.79 Å². The molecule has 7 nitrogen and oxygen atoms in total. The minimum absolute atomic E-state index is 0.0591. The highest BCUT2D eigenvalue weighted by atomic mass is 32.2. The molecule has 31 heavy (non-hydrogen) atoms. The number of urea groups is 1. The number of carbonyl (C=O) groups is 2. The molecule has 1 saturated heterocycles. The maximum Gasteiger partial charge on any atom is 0.446 e. The monoisotopic (exact) mass is 454 g/mol. The lowest BCUT2D eigenvalue weighted by molar-refractivity contribution is -0.120. The predicted octanol–water partition coefficient (Wildman–Crippen LogP) is 3.84. The molecule has 0 saturated carbocycles. The molecular formula is C20H21F3N4O3S. The zero-order valence-corrected chi connectivity index (χ0v) is 17.6.